The third-order valence-corrected chi connectivity index (χ3v) is 6.67. The average Bonchev–Trinajstić information content (AvgIpc) is 3.53. The Bertz CT molecular complexity index is 1720. The number of likely N-dealkylation sites (tertiary alicyclic amines) is 1. The van der Waals surface area contributed by atoms with Gasteiger partial charge in [0.05, 0.1) is 23.3 Å². The summed E-state index contributed by atoms with van der Waals surface area (Å²) in [6.07, 6.45) is 2.79. The minimum Gasteiger partial charge on any atom is -0.364 e. The summed E-state index contributed by atoms with van der Waals surface area (Å²) in [5.41, 5.74) is 6.14. The molecule has 1 aliphatic heterocycles. The van der Waals surface area contributed by atoms with Crippen molar-refractivity contribution in [2.45, 2.75) is 31.7 Å². The Labute approximate surface area is 236 Å². The summed E-state index contributed by atoms with van der Waals surface area (Å²) in [5, 5.41) is 6.93. The molecule has 1 aliphatic rings. The predicted molar refractivity (Wildman–Crippen MR) is 142 cm³/mol. The third-order valence-electron chi connectivity index (χ3n) is 6.38. The van der Waals surface area contributed by atoms with Crippen molar-refractivity contribution < 1.29 is 23.2 Å². The van der Waals surface area contributed by atoms with Crippen molar-refractivity contribution in [3.05, 3.63) is 82.5 Å². The van der Waals surface area contributed by atoms with Crippen LogP contribution in [0.25, 0.3) is 10.9 Å². The number of halogens is 3. The van der Waals surface area contributed by atoms with Gasteiger partial charge in [0.25, 0.3) is 5.91 Å². The number of aromatic nitrogens is 5. The fourth-order valence-corrected chi connectivity index (χ4v) is 4.63. The second kappa shape index (κ2) is 11.6. The standard InChI is InChI=1S/C27H21ClF2N8O3/c28-19-4-1-3-15(24(19)30)11-35-27(41)20-9-16(29)13-37(20)23(39)14-38-21-12-34-17(5-6-22-32-7-2-8-33-22)10-18(21)25(36-38)26(31)40/h1-4,7-8,10,12,16,20H,9,11,13-14H2,(H2,31,40)(H,35,41)/t16-,20+/m1/s1. The summed E-state index contributed by atoms with van der Waals surface area (Å²) in [4.78, 5) is 51.6. The Kier molecular flexibility index (Phi) is 7.84. The van der Waals surface area contributed by atoms with Gasteiger partial charge in [-0.1, -0.05) is 23.7 Å². The third kappa shape index (κ3) is 5.97. The molecule has 1 aromatic carbocycles. The van der Waals surface area contributed by atoms with Crippen molar-refractivity contribution >= 4 is 40.2 Å². The van der Waals surface area contributed by atoms with Crippen LogP contribution in [-0.4, -0.2) is 66.1 Å². The molecule has 4 aromatic rings. The number of primary amides is 1. The van der Waals surface area contributed by atoms with Gasteiger partial charge in [0.2, 0.25) is 17.6 Å². The number of hydrogen-bond acceptors (Lipinski definition) is 7. The van der Waals surface area contributed by atoms with Gasteiger partial charge in [-0.05, 0) is 30.0 Å². The van der Waals surface area contributed by atoms with Crippen molar-refractivity contribution in [2.75, 3.05) is 6.54 Å². The first-order valence-corrected chi connectivity index (χ1v) is 12.7. The lowest BCUT2D eigenvalue weighted by Crippen LogP contribution is -2.46. The number of amides is 3. The summed E-state index contributed by atoms with van der Waals surface area (Å²) in [7, 11) is 0. The van der Waals surface area contributed by atoms with Gasteiger partial charge >= 0.3 is 0 Å². The molecule has 0 saturated carbocycles. The van der Waals surface area contributed by atoms with Gasteiger partial charge in [-0.2, -0.15) is 5.10 Å². The number of nitrogens with zero attached hydrogens (tertiary/aromatic N) is 6. The van der Waals surface area contributed by atoms with Crippen molar-refractivity contribution in [1.29, 1.82) is 0 Å². The monoisotopic (exact) mass is 578 g/mol. The number of alkyl halides is 1. The van der Waals surface area contributed by atoms with Crippen molar-refractivity contribution in [3.8, 4) is 11.8 Å². The first-order valence-electron chi connectivity index (χ1n) is 12.3. The molecule has 0 unspecified atom stereocenters. The van der Waals surface area contributed by atoms with E-state index in [9.17, 15) is 23.2 Å². The molecule has 0 spiro atoms. The minimum atomic E-state index is -1.44. The average molecular weight is 579 g/mol. The highest BCUT2D eigenvalue weighted by atomic mass is 35.5. The van der Waals surface area contributed by atoms with E-state index in [4.69, 9.17) is 17.3 Å². The zero-order valence-corrected chi connectivity index (χ0v) is 22.0. The maximum atomic E-state index is 14.4. The summed E-state index contributed by atoms with van der Waals surface area (Å²) in [6.45, 7) is -0.933. The zero-order valence-electron chi connectivity index (χ0n) is 21.2. The largest absolute Gasteiger partial charge is 0.364 e. The number of rotatable bonds is 6. The van der Waals surface area contributed by atoms with Gasteiger partial charge in [0.1, 0.15) is 30.3 Å². The Morgan fingerprint density at radius 1 is 1.15 bits per heavy atom. The van der Waals surface area contributed by atoms with Crippen LogP contribution < -0.4 is 11.1 Å². The number of nitrogens with two attached hydrogens (primary N) is 1. The molecule has 208 valence electrons. The second-order valence-corrected chi connectivity index (χ2v) is 9.51. The Morgan fingerprint density at radius 3 is 2.68 bits per heavy atom. The maximum absolute atomic E-state index is 14.4. The van der Waals surface area contributed by atoms with Gasteiger partial charge in [-0.15, -0.1) is 0 Å². The van der Waals surface area contributed by atoms with E-state index in [2.05, 4.69) is 37.2 Å². The van der Waals surface area contributed by atoms with E-state index in [-0.39, 0.29) is 47.3 Å². The second-order valence-electron chi connectivity index (χ2n) is 9.11. The highest BCUT2D eigenvalue weighted by molar-refractivity contribution is 6.30. The van der Waals surface area contributed by atoms with Crippen molar-refractivity contribution in [2.24, 2.45) is 5.73 Å². The summed E-state index contributed by atoms with van der Waals surface area (Å²) in [5.74, 6) is 3.05. The molecule has 1 fully saturated rings. The molecule has 4 heterocycles. The van der Waals surface area contributed by atoms with Crippen molar-refractivity contribution in [3.63, 3.8) is 0 Å². The van der Waals surface area contributed by atoms with E-state index in [1.807, 2.05) is 0 Å². The van der Waals surface area contributed by atoms with Gasteiger partial charge in [0.15, 0.2) is 5.69 Å². The number of nitrogens with one attached hydrogen (secondary N) is 1. The molecule has 1 saturated heterocycles. The molecule has 0 radical (unpaired) electrons. The molecule has 0 aliphatic carbocycles. The first-order chi connectivity index (χ1) is 19.7. The van der Waals surface area contributed by atoms with E-state index in [1.54, 1.807) is 18.5 Å². The fourth-order valence-electron chi connectivity index (χ4n) is 4.44. The molecule has 5 rings (SSSR count). The quantitative estimate of drug-likeness (QED) is 0.331. The normalized spacial score (nSPS) is 16.3. The van der Waals surface area contributed by atoms with Crippen molar-refractivity contribution in [1.82, 2.24) is 34.9 Å². The van der Waals surface area contributed by atoms with Crippen LogP contribution in [0.2, 0.25) is 5.02 Å². The van der Waals surface area contributed by atoms with Gasteiger partial charge in [-0.25, -0.2) is 23.7 Å². The molecule has 3 N–H and O–H groups in total. The molecular formula is C27H21ClF2N8O3. The fraction of sp³-hybridized carbons (Fsp3) is 0.222. The molecule has 3 aromatic heterocycles. The Hall–Kier alpha value is -4.96. The van der Waals surface area contributed by atoms with E-state index in [0.717, 1.165) is 4.90 Å². The van der Waals surface area contributed by atoms with Crippen LogP contribution in [0, 0.1) is 17.7 Å². The maximum Gasteiger partial charge on any atom is 0.269 e. The Balaban J connectivity index is 1.35. The van der Waals surface area contributed by atoms with Crippen LogP contribution in [0.15, 0.2) is 48.9 Å². The number of benzene rings is 1. The molecule has 2 atom stereocenters. The number of hydrogen-bond donors (Lipinski definition) is 2. The molecule has 41 heavy (non-hydrogen) atoms. The highest BCUT2D eigenvalue weighted by Gasteiger charge is 2.40. The predicted octanol–water partition coefficient (Wildman–Crippen LogP) is 1.77. The zero-order chi connectivity index (χ0) is 29.1. The number of carbonyl (C=O) groups is 3. The minimum absolute atomic E-state index is 0.0983. The van der Waals surface area contributed by atoms with Crippen LogP contribution in [0.3, 0.4) is 0 Å². The van der Waals surface area contributed by atoms with E-state index >= 15 is 0 Å². The smallest absolute Gasteiger partial charge is 0.269 e. The molecular weight excluding hydrogens is 558 g/mol. The summed E-state index contributed by atoms with van der Waals surface area (Å²) in [6, 6.07) is 6.38. The van der Waals surface area contributed by atoms with Crippen LogP contribution in [0.5, 0.6) is 0 Å². The van der Waals surface area contributed by atoms with Crippen LogP contribution in [0.1, 0.15) is 34.0 Å². The molecule has 11 nitrogen and oxygen atoms in total. The lowest BCUT2D eigenvalue weighted by atomic mass is 10.1. The SMILES string of the molecule is NC(=O)c1nn(CC(=O)N2C[C@H](F)C[C@H]2C(=O)NCc2cccc(Cl)c2F)c2cnc(C#Cc3ncccn3)cc12. The van der Waals surface area contributed by atoms with Gasteiger partial charge < -0.3 is 16.0 Å². The van der Waals surface area contributed by atoms with Crippen LogP contribution in [-0.2, 0) is 22.7 Å². The van der Waals surface area contributed by atoms with E-state index in [0.29, 0.717) is 10.9 Å². The van der Waals surface area contributed by atoms with Crippen LogP contribution in [0.4, 0.5) is 8.78 Å². The summed E-state index contributed by atoms with van der Waals surface area (Å²) < 4.78 is 29.8. The molecule has 14 heteroatoms. The lowest BCUT2D eigenvalue weighted by molar-refractivity contribution is -0.139. The number of fused-ring (bicyclic) bond motifs is 1. The number of carbonyl (C=O) groups excluding carboxylic acids is 3. The topological polar surface area (TPSA) is 149 Å². The van der Waals surface area contributed by atoms with E-state index in [1.165, 1.54) is 35.1 Å². The van der Waals surface area contributed by atoms with Crippen LogP contribution >= 0.6 is 11.6 Å². The van der Waals surface area contributed by atoms with E-state index < -0.39 is 42.3 Å². The Morgan fingerprint density at radius 2 is 1.93 bits per heavy atom. The number of pyridine rings is 1. The first kappa shape index (κ1) is 27.6. The highest BCUT2D eigenvalue weighted by Crippen LogP contribution is 2.24. The van der Waals surface area contributed by atoms with Gasteiger partial charge in [-0.3, -0.25) is 19.1 Å². The molecule has 0 bridgehead atoms. The lowest BCUT2D eigenvalue weighted by Gasteiger charge is -2.23. The molecule has 3 amide bonds. The summed E-state index contributed by atoms with van der Waals surface area (Å²) >= 11 is 5.79. The van der Waals surface area contributed by atoms with Gasteiger partial charge in [0, 0.05) is 36.3 Å².